The number of hydrogen-bond donors (Lipinski definition) is 0. The zero-order chi connectivity index (χ0) is 14.9. The van der Waals surface area contributed by atoms with Gasteiger partial charge in [0.05, 0.1) is 25.3 Å². The Morgan fingerprint density at radius 3 is 1.45 bits per heavy atom. The molecule has 104 valence electrons. The molecule has 0 atom stereocenters. The summed E-state index contributed by atoms with van der Waals surface area (Å²) in [4.78, 5) is 23.8. The first-order valence-corrected chi connectivity index (χ1v) is 7.74. The topological polar surface area (TPSA) is 52.6 Å². The minimum atomic E-state index is -0.425. The van der Waals surface area contributed by atoms with Gasteiger partial charge in [-0.2, -0.15) is 0 Å². The van der Waals surface area contributed by atoms with E-state index in [1.807, 2.05) is 0 Å². The maximum Gasteiger partial charge on any atom is 0.338 e. The molecule has 0 saturated carbocycles. The lowest BCUT2D eigenvalue weighted by Crippen LogP contribution is -2.08. The summed E-state index contributed by atoms with van der Waals surface area (Å²) < 4.78 is 11.4. The van der Waals surface area contributed by atoms with E-state index >= 15 is 0 Å². The summed E-state index contributed by atoms with van der Waals surface area (Å²) in [5.41, 5.74) is 0.885. The van der Waals surface area contributed by atoms with Crippen molar-refractivity contribution in [3.63, 3.8) is 0 Å². The summed E-state index contributed by atoms with van der Waals surface area (Å²) in [5, 5.41) is 1.43. The van der Waals surface area contributed by atoms with Gasteiger partial charge in [0.1, 0.15) is 0 Å². The Morgan fingerprint density at radius 1 is 0.800 bits per heavy atom. The summed E-state index contributed by atoms with van der Waals surface area (Å²) in [6.07, 6.45) is 0. The first-order chi connectivity index (χ1) is 9.51. The van der Waals surface area contributed by atoms with Gasteiger partial charge in [-0.1, -0.05) is 0 Å². The Hall–Kier alpha value is -0.900. The third-order valence-electron chi connectivity index (χ3n) is 2.87. The minimum absolute atomic E-state index is 0.425. The number of hydrogen-bond acceptors (Lipinski definition) is 4. The zero-order valence-corrected chi connectivity index (χ0v) is 15.0. The van der Waals surface area contributed by atoms with Gasteiger partial charge < -0.3 is 9.47 Å². The van der Waals surface area contributed by atoms with Gasteiger partial charge in [0.25, 0.3) is 0 Å². The fourth-order valence-corrected chi connectivity index (χ4v) is 3.45. The monoisotopic (exact) mass is 496 g/mol. The zero-order valence-electron chi connectivity index (χ0n) is 10.7. The van der Waals surface area contributed by atoms with Crippen LogP contribution in [0.25, 0.3) is 10.8 Å². The molecule has 2 rings (SSSR count). The minimum Gasteiger partial charge on any atom is -0.465 e. The lowest BCUT2D eigenvalue weighted by molar-refractivity contribution is 0.0592. The van der Waals surface area contributed by atoms with Crippen molar-refractivity contribution in [3.05, 3.63) is 42.5 Å². The van der Waals surface area contributed by atoms with Gasteiger partial charge in [0.2, 0.25) is 0 Å². The average molecular weight is 496 g/mol. The molecule has 0 radical (unpaired) electrons. The third-order valence-corrected chi connectivity index (χ3v) is 4.67. The first-order valence-electron chi connectivity index (χ1n) is 5.58. The molecule has 0 aliphatic heterocycles. The van der Waals surface area contributed by atoms with Crippen LogP contribution in [0.5, 0.6) is 0 Å². The number of carbonyl (C=O) groups excluding carboxylic acids is 2. The number of benzene rings is 2. The molecule has 0 aliphatic rings. The predicted molar refractivity (Wildman–Crippen MR) is 92.1 cm³/mol. The highest BCUT2D eigenvalue weighted by molar-refractivity contribution is 14.1. The highest BCUT2D eigenvalue weighted by Crippen LogP contribution is 2.32. The van der Waals surface area contributed by atoms with Crippen LogP contribution in [0.1, 0.15) is 20.7 Å². The quantitative estimate of drug-likeness (QED) is 0.471. The SMILES string of the molecule is COC(=O)c1ccc(I)c2c(C(=O)OC)ccc(I)c12. The van der Waals surface area contributed by atoms with Gasteiger partial charge in [-0.15, -0.1) is 0 Å². The van der Waals surface area contributed by atoms with Crippen molar-refractivity contribution in [1.29, 1.82) is 0 Å². The molecule has 0 bridgehead atoms. The van der Waals surface area contributed by atoms with Gasteiger partial charge in [-0.3, -0.25) is 0 Å². The molecule has 0 aliphatic carbocycles. The molecule has 6 heteroatoms. The Labute approximate surface area is 143 Å². The van der Waals surface area contributed by atoms with E-state index in [0.29, 0.717) is 21.9 Å². The lowest BCUT2D eigenvalue weighted by atomic mass is 10.00. The second kappa shape index (κ2) is 6.25. The third kappa shape index (κ3) is 2.62. The fraction of sp³-hybridized carbons (Fsp3) is 0.143. The molecule has 0 fully saturated rings. The van der Waals surface area contributed by atoms with Crippen LogP contribution in [0.3, 0.4) is 0 Å². The summed E-state index contributed by atoms with van der Waals surface area (Å²) >= 11 is 4.28. The smallest absolute Gasteiger partial charge is 0.338 e. The van der Waals surface area contributed by atoms with Crippen molar-refractivity contribution < 1.29 is 19.1 Å². The van der Waals surface area contributed by atoms with Crippen molar-refractivity contribution in [2.45, 2.75) is 0 Å². The predicted octanol–water partition coefficient (Wildman–Crippen LogP) is 3.62. The Balaban J connectivity index is 2.92. The average Bonchev–Trinajstić information content (AvgIpc) is 2.46. The van der Waals surface area contributed by atoms with E-state index in [0.717, 1.165) is 7.14 Å². The number of carbonyl (C=O) groups is 2. The first kappa shape index (κ1) is 15.5. The number of rotatable bonds is 2. The van der Waals surface area contributed by atoms with Crippen LogP contribution in [0.4, 0.5) is 0 Å². The highest BCUT2D eigenvalue weighted by atomic mass is 127. The standard InChI is InChI=1S/C14H10I2O4/c1-19-13(17)7-3-5-10(16)12-8(14(18)20-2)4-6-9(15)11(7)12/h3-6H,1-2H3. The second-order valence-corrected chi connectivity index (χ2v) is 6.25. The molecule has 0 unspecified atom stereocenters. The second-order valence-electron chi connectivity index (χ2n) is 3.92. The number of halogens is 2. The Bertz CT molecular complexity index is 649. The maximum atomic E-state index is 11.9. The molecule has 0 spiro atoms. The van der Waals surface area contributed by atoms with Crippen LogP contribution in [-0.4, -0.2) is 26.2 Å². The molecule has 0 aromatic heterocycles. The van der Waals surface area contributed by atoms with Crippen molar-refractivity contribution in [2.24, 2.45) is 0 Å². The molecule has 4 nitrogen and oxygen atoms in total. The Morgan fingerprint density at radius 2 is 1.15 bits per heavy atom. The van der Waals surface area contributed by atoms with E-state index in [4.69, 9.17) is 9.47 Å². The number of ether oxygens (including phenoxy) is 2. The van der Waals surface area contributed by atoms with E-state index in [-0.39, 0.29) is 0 Å². The van der Waals surface area contributed by atoms with Crippen molar-refractivity contribution in [1.82, 2.24) is 0 Å². The van der Waals surface area contributed by atoms with Gasteiger partial charge in [-0.25, -0.2) is 9.59 Å². The van der Waals surface area contributed by atoms with Gasteiger partial charge >= 0.3 is 11.9 Å². The molecule has 0 heterocycles. The lowest BCUT2D eigenvalue weighted by Gasteiger charge is -2.12. The largest absolute Gasteiger partial charge is 0.465 e. The highest BCUT2D eigenvalue weighted by Gasteiger charge is 2.20. The van der Waals surface area contributed by atoms with Crippen LogP contribution < -0.4 is 0 Å². The summed E-state index contributed by atoms with van der Waals surface area (Å²) in [7, 11) is 2.67. The molecule has 0 N–H and O–H groups in total. The van der Waals surface area contributed by atoms with E-state index in [1.54, 1.807) is 24.3 Å². The van der Waals surface area contributed by atoms with Crippen LogP contribution in [0.2, 0.25) is 0 Å². The summed E-state index contributed by atoms with van der Waals surface area (Å²) in [5.74, 6) is -0.849. The van der Waals surface area contributed by atoms with E-state index in [2.05, 4.69) is 45.2 Å². The number of esters is 2. The van der Waals surface area contributed by atoms with E-state index < -0.39 is 11.9 Å². The molecular weight excluding hydrogens is 486 g/mol. The molecule has 2 aromatic carbocycles. The van der Waals surface area contributed by atoms with Crippen molar-refractivity contribution in [2.75, 3.05) is 14.2 Å². The number of methoxy groups -OCH3 is 2. The van der Waals surface area contributed by atoms with Gasteiger partial charge in [-0.05, 0) is 69.4 Å². The Kier molecular flexibility index (Phi) is 4.84. The van der Waals surface area contributed by atoms with Crippen LogP contribution >= 0.6 is 45.2 Å². The molecule has 2 aromatic rings. The molecule has 20 heavy (non-hydrogen) atoms. The fourth-order valence-electron chi connectivity index (χ4n) is 1.97. The number of fused-ring (bicyclic) bond motifs is 1. The van der Waals surface area contributed by atoms with E-state index in [9.17, 15) is 9.59 Å². The normalized spacial score (nSPS) is 10.4. The maximum absolute atomic E-state index is 11.9. The van der Waals surface area contributed by atoms with Gasteiger partial charge in [0.15, 0.2) is 0 Å². The molecule has 0 saturated heterocycles. The van der Waals surface area contributed by atoms with E-state index in [1.165, 1.54) is 14.2 Å². The van der Waals surface area contributed by atoms with Crippen LogP contribution in [0, 0.1) is 7.14 Å². The van der Waals surface area contributed by atoms with Crippen molar-refractivity contribution in [3.8, 4) is 0 Å². The molecular formula is C14H10I2O4. The van der Waals surface area contributed by atoms with Gasteiger partial charge in [0, 0.05) is 17.9 Å². The van der Waals surface area contributed by atoms with Crippen molar-refractivity contribution >= 4 is 67.9 Å². The van der Waals surface area contributed by atoms with Crippen LogP contribution in [-0.2, 0) is 9.47 Å². The summed E-state index contributed by atoms with van der Waals surface area (Å²) in [6, 6.07) is 6.99. The molecule has 0 amide bonds. The van der Waals surface area contributed by atoms with Crippen LogP contribution in [0.15, 0.2) is 24.3 Å². The summed E-state index contributed by atoms with van der Waals surface area (Å²) in [6.45, 7) is 0.